The molecule has 164 valence electrons. The van der Waals surface area contributed by atoms with Crippen molar-refractivity contribution < 1.29 is 24.1 Å². The van der Waals surface area contributed by atoms with E-state index in [1.165, 1.54) is 6.07 Å². The molecule has 0 amide bonds. The number of hydrogen-bond acceptors (Lipinski definition) is 6. The van der Waals surface area contributed by atoms with Gasteiger partial charge in [0, 0.05) is 11.1 Å². The first-order valence-corrected chi connectivity index (χ1v) is 10.4. The average Bonchev–Trinajstić information content (AvgIpc) is 3.36. The molecule has 0 saturated carbocycles. The first-order valence-electron chi connectivity index (χ1n) is 10.0. The van der Waals surface area contributed by atoms with Gasteiger partial charge in [-0.1, -0.05) is 54.1 Å². The Balaban J connectivity index is 1.41. The van der Waals surface area contributed by atoms with Crippen LogP contribution in [0, 0.1) is 5.82 Å². The van der Waals surface area contributed by atoms with Gasteiger partial charge in [0.1, 0.15) is 18.0 Å². The molecular formula is C23H19ClFN3O4. The molecule has 4 aromatic rings. The number of aliphatic hydroxyl groups excluding tert-OH is 2. The SMILES string of the molecule is OCC1OCC(Oc2nc3nc(-c4ccc(-c5ccccc5F)cc4)c(Cl)cc3[nH]2)C1O. The molecule has 3 atom stereocenters. The van der Waals surface area contributed by atoms with Crippen LogP contribution in [-0.2, 0) is 4.74 Å². The van der Waals surface area contributed by atoms with Crippen molar-refractivity contribution in [1.82, 2.24) is 15.0 Å². The van der Waals surface area contributed by atoms with E-state index < -0.39 is 18.3 Å². The number of nitrogens with zero attached hydrogens (tertiary/aromatic N) is 2. The van der Waals surface area contributed by atoms with Crippen LogP contribution in [-0.4, -0.2) is 56.7 Å². The zero-order valence-corrected chi connectivity index (χ0v) is 17.5. The minimum absolute atomic E-state index is 0.136. The minimum Gasteiger partial charge on any atom is -0.456 e. The van der Waals surface area contributed by atoms with Crippen molar-refractivity contribution in [3.63, 3.8) is 0 Å². The van der Waals surface area contributed by atoms with Crippen LogP contribution in [0.15, 0.2) is 54.6 Å². The number of imidazole rings is 1. The summed E-state index contributed by atoms with van der Waals surface area (Å²) >= 11 is 6.46. The maximum atomic E-state index is 14.1. The standard InChI is InChI=1S/C23H19ClFN3O4/c24-15-9-17-22(28-23(26-17)32-19-11-31-18(10-29)21(19)30)27-20(15)13-7-5-12(6-8-13)14-3-1-2-4-16(14)25/h1-9,18-19,21,29-30H,10-11H2,(H,26,27,28). The normalized spacial score (nSPS) is 20.7. The lowest BCUT2D eigenvalue weighted by molar-refractivity contribution is -0.00390. The Kier molecular flexibility index (Phi) is 5.52. The molecule has 32 heavy (non-hydrogen) atoms. The molecule has 2 aromatic carbocycles. The zero-order chi connectivity index (χ0) is 22.2. The Morgan fingerprint density at radius 2 is 1.88 bits per heavy atom. The number of halogens is 2. The van der Waals surface area contributed by atoms with Crippen LogP contribution < -0.4 is 4.74 Å². The van der Waals surface area contributed by atoms with Crippen molar-refractivity contribution in [2.24, 2.45) is 0 Å². The van der Waals surface area contributed by atoms with Crippen LogP contribution in [0.1, 0.15) is 0 Å². The third kappa shape index (κ3) is 3.82. The van der Waals surface area contributed by atoms with Gasteiger partial charge in [-0.05, 0) is 17.7 Å². The summed E-state index contributed by atoms with van der Waals surface area (Å²) in [6.07, 6.45) is -2.31. The van der Waals surface area contributed by atoms with Crippen molar-refractivity contribution in [2.45, 2.75) is 18.3 Å². The Hall–Kier alpha value is -3.04. The molecule has 0 radical (unpaired) electrons. The molecule has 3 unspecified atom stereocenters. The molecule has 3 heterocycles. The average molecular weight is 456 g/mol. The summed E-state index contributed by atoms with van der Waals surface area (Å²) in [5.41, 5.74) is 3.52. The lowest BCUT2D eigenvalue weighted by Gasteiger charge is -2.15. The monoisotopic (exact) mass is 455 g/mol. The topological polar surface area (TPSA) is 100 Å². The molecule has 0 spiro atoms. The largest absolute Gasteiger partial charge is 0.456 e. The molecule has 5 rings (SSSR count). The summed E-state index contributed by atoms with van der Waals surface area (Å²) in [5, 5.41) is 19.7. The van der Waals surface area contributed by atoms with Crippen molar-refractivity contribution >= 4 is 22.8 Å². The Bertz CT molecular complexity index is 1260. The van der Waals surface area contributed by atoms with Crippen LogP contribution in [0.5, 0.6) is 6.01 Å². The van der Waals surface area contributed by atoms with Gasteiger partial charge in [0.15, 0.2) is 11.8 Å². The van der Waals surface area contributed by atoms with Gasteiger partial charge in [0.2, 0.25) is 0 Å². The smallest absolute Gasteiger partial charge is 0.296 e. The molecule has 0 aliphatic carbocycles. The van der Waals surface area contributed by atoms with Gasteiger partial charge in [0.05, 0.1) is 29.4 Å². The highest BCUT2D eigenvalue weighted by molar-refractivity contribution is 6.33. The van der Waals surface area contributed by atoms with Gasteiger partial charge >= 0.3 is 0 Å². The van der Waals surface area contributed by atoms with Crippen molar-refractivity contribution in [2.75, 3.05) is 13.2 Å². The third-order valence-electron chi connectivity index (χ3n) is 5.43. The molecule has 3 N–H and O–H groups in total. The zero-order valence-electron chi connectivity index (χ0n) is 16.7. The van der Waals surface area contributed by atoms with Gasteiger partial charge in [-0.3, -0.25) is 0 Å². The summed E-state index contributed by atoms with van der Waals surface area (Å²) < 4.78 is 25.0. The predicted molar refractivity (Wildman–Crippen MR) is 117 cm³/mol. The molecule has 2 aromatic heterocycles. The molecule has 1 aliphatic rings. The summed E-state index contributed by atoms with van der Waals surface area (Å²) in [5.74, 6) is -0.287. The Labute approximate surface area is 187 Å². The van der Waals surface area contributed by atoms with Gasteiger partial charge in [-0.15, -0.1) is 0 Å². The van der Waals surface area contributed by atoms with Crippen LogP contribution in [0.3, 0.4) is 0 Å². The minimum atomic E-state index is -0.965. The molecule has 0 bridgehead atoms. The van der Waals surface area contributed by atoms with Crippen LogP contribution in [0.4, 0.5) is 4.39 Å². The summed E-state index contributed by atoms with van der Waals surface area (Å²) in [6, 6.07) is 15.7. The second kappa shape index (κ2) is 8.48. The maximum absolute atomic E-state index is 14.1. The second-order valence-electron chi connectivity index (χ2n) is 7.49. The number of rotatable bonds is 5. The van der Waals surface area contributed by atoms with E-state index in [0.717, 1.165) is 11.1 Å². The van der Waals surface area contributed by atoms with E-state index in [1.807, 2.05) is 24.3 Å². The van der Waals surface area contributed by atoms with E-state index in [9.17, 15) is 14.6 Å². The number of aromatic nitrogens is 3. The molecule has 1 fully saturated rings. The number of aromatic amines is 1. The third-order valence-corrected chi connectivity index (χ3v) is 5.72. The molecule has 7 nitrogen and oxygen atoms in total. The fraction of sp³-hybridized carbons (Fsp3) is 0.217. The number of nitrogens with one attached hydrogen (secondary N) is 1. The van der Waals surface area contributed by atoms with Crippen LogP contribution in [0.25, 0.3) is 33.5 Å². The number of pyridine rings is 1. The van der Waals surface area contributed by atoms with E-state index in [-0.39, 0.29) is 25.0 Å². The van der Waals surface area contributed by atoms with E-state index in [1.54, 1.807) is 24.3 Å². The molecule has 1 aliphatic heterocycles. The highest BCUT2D eigenvalue weighted by Crippen LogP contribution is 2.32. The first kappa shape index (κ1) is 20.8. The van der Waals surface area contributed by atoms with Crippen LogP contribution >= 0.6 is 11.6 Å². The van der Waals surface area contributed by atoms with Crippen molar-refractivity contribution in [1.29, 1.82) is 0 Å². The quantitative estimate of drug-likeness (QED) is 0.425. The summed E-state index contributed by atoms with van der Waals surface area (Å²) in [7, 11) is 0. The number of fused-ring (bicyclic) bond motifs is 1. The van der Waals surface area contributed by atoms with E-state index in [2.05, 4.69) is 15.0 Å². The van der Waals surface area contributed by atoms with Gasteiger partial charge < -0.3 is 24.7 Å². The van der Waals surface area contributed by atoms with Crippen LogP contribution in [0.2, 0.25) is 5.02 Å². The summed E-state index contributed by atoms with van der Waals surface area (Å²) in [6.45, 7) is -0.158. The number of hydrogen-bond donors (Lipinski definition) is 3. The highest BCUT2D eigenvalue weighted by atomic mass is 35.5. The van der Waals surface area contributed by atoms with Gasteiger partial charge in [-0.2, -0.15) is 4.98 Å². The Morgan fingerprint density at radius 1 is 1.12 bits per heavy atom. The Morgan fingerprint density at radius 3 is 2.59 bits per heavy atom. The number of benzene rings is 2. The number of ether oxygens (including phenoxy) is 2. The number of aliphatic hydroxyl groups is 2. The predicted octanol–water partition coefficient (Wildman–Crippen LogP) is 3.58. The molecule has 1 saturated heterocycles. The lowest BCUT2D eigenvalue weighted by Crippen LogP contribution is -2.36. The number of H-pyrrole nitrogens is 1. The van der Waals surface area contributed by atoms with E-state index in [0.29, 0.717) is 27.4 Å². The van der Waals surface area contributed by atoms with Gasteiger partial charge in [-0.25, -0.2) is 9.37 Å². The molecule has 9 heteroatoms. The second-order valence-corrected chi connectivity index (χ2v) is 7.90. The highest BCUT2D eigenvalue weighted by Gasteiger charge is 2.37. The lowest BCUT2D eigenvalue weighted by atomic mass is 10.0. The summed E-state index contributed by atoms with van der Waals surface area (Å²) in [4.78, 5) is 11.9. The van der Waals surface area contributed by atoms with Gasteiger partial charge in [0.25, 0.3) is 6.01 Å². The van der Waals surface area contributed by atoms with Crippen molar-refractivity contribution in [3.8, 4) is 28.4 Å². The van der Waals surface area contributed by atoms with E-state index >= 15 is 0 Å². The van der Waals surface area contributed by atoms with Crippen molar-refractivity contribution in [3.05, 3.63) is 65.4 Å². The fourth-order valence-corrected chi connectivity index (χ4v) is 3.98. The molecular weight excluding hydrogens is 437 g/mol. The first-order chi connectivity index (χ1) is 15.5. The fourth-order valence-electron chi connectivity index (χ4n) is 3.72. The van der Waals surface area contributed by atoms with E-state index in [4.69, 9.17) is 21.1 Å². The maximum Gasteiger partial charge on any atom is 0.296 e.